The standard InChI is InChI=1S/C16H15NO5/c1-20-13-6-4-5-12(9-13)10-14-11-17-15(22-14)7-2-3-8-21-16(18)19/h4-6,9,11H,3,8,10H2,1H3,(H,18,19). The van der Waals surface area contributed by atoms with E-state index >= 15 is 0 Å². The molecule has 1 heterocycles. The van der Waals surface area contributed by atoms with Crippen molar-refractivity contribution in [3.8, 4) is 17.6 Å². The van der Waals surface area contributed by atoms with Gasteiger partial charge in [0.15, 0.2) is 0 Å². The quantitative estimate of drug-likeness (QED) is 0.519. The van der Waals surface area contributed by atoms with Crippen molar-refractivity contribution in [1.82, 2.24) is 4.98 Å². The van der Waals surface area contributed by atoms with E-state index in [9.17, 15) is 4.79 Å². The SMILES string of the molecule is COc1cccc(Cc2cnc(C#CCCOC(=O)O)o2)c1. The van der Waals surface area contributed by atoms with Gasteiger partial charge >= 0.3 is 6.16 Å². The number of rotatable bonds is 5. The summed E-state index contributed by atoms with van der Waals surface area (Å²) in [7, 11) is 1.62. The first-order chi connectivity index (χ1) is 10.7. The Hall–Kier alpha value is -2.94. The van der Waals surface area contributed by atoms with Crippen LogP contribution in [-0.4, -0.2) is 30.0 Å². The number of benzene rings is 1. The number of ether oxygens (including phenoxy) is 2. The third-order valence-corrected chi connectivity index (χ3v) is 2.71. The van der Waals surface area contributed by atoms with E-state index in [2.05, 4.69) is 21.6 Å². The predicted octanol–water partition coefficient (Wildman–Crippen LogP) is 2.71. The van der Waals surface area contributed by atoms with E-state index in [1.54, 1.807) is 13.3 Å². The van der Waals surface area contributed by atoms with E-state index in [-0.39, 0.29) is 6.61 Å². The highest BCUT2D eigenvalue weighted by molar-refractivity contribution is 5.56. The van der Waals surface area contributed by atoms with Gasteiger partial charge in [-0.2, -0.15) is 0 Å². The summed E-state index contributed by atoms with van der Waals surface area (Å²) in [5.74, 6) is 7.24. The van der Waals surface area contributed by atoms with E-state index in [0.717, 1.165) is 11.3 Å². The highest BCUT2D eigenvalue weighted by atomic mass is 16.7. The molecule has 0 aliphatic rings. The topological polar surface area (TPSA) is 81.8 Å². The second-order valence-corrected chi connectivity index (χ2v) is 4.33. The molecule has 0 saturated carbocycles. The molecule has 0 spiro atoms. The lowest BCUT2D eigenvalue weighted by Crippen LogP contribution is -2.00. The second kappa shape index (κ2) is 7.74. The van der Waals surface area contributed by atoms with Crippen LogP contribution in [0.1, 0.15) is 23.6 Å². The van der Waals surface area contributed by atoms with Crippen molar-refractivity contribution in [2.24, 2.45) is 0 Å². The van der Waals surface area contributed by atoms with Crippen molar-refractivity contribution in [3.63, 3.8) is 0 Å². The van der Waals surface area contributed by atoms with E-state index in [4.69, 9.17) is 14.3 Å². The fraction of sp³-hybridized carbons (Fsp3) is 0.250. The molecule has 0 bridgehead atoms. The Bertz CT molecular complexity index is 696. The summed E-state index contributed by atoms with van der Waals surface area (Å²) >= 11 is 0. The summed E-state index contributed by atoms with van der Waals surface area (Å²) in [6.07, 6.45) is 1.20. The average molecular weight is 301 g/mol. The lowest BCUT2D eigenvalue weighted by atomic mass is 10.1. The first-order valence-electron chi connectivity index (χ1n) is 6.59. The molecule has 6 heteroatoms. The molecular weight excluding hydrogens is 286 g/mol. The van der Waals surface area contributed by atoms with Crippen LogP contribution >= 0.6 is 0 Å². The van der Waals surface area contributed by atoms with Crippen LogP contribution in [-0.2, 0) is 11.2 Å². The molecule has 22 heavy (non-hydrogen) atoms. The second-order valence-electron chi connectivity index (χ2n) is 4.33. The monoisotopic (exact) mass is 301 g/mol. The lowest BCUT2D eigenvalue weighted by Gasteiger charge is -2.02. The van der Waals surface area contributed by atoms with Crippen LogP contribution in [0.3, 0.4) is 0 Å². The first-order valence-corrected chi connectivity index (χ1v) is 6.59. The van der Waals surface area contributed by atoms with Crippen LogP contribution in [0, 0.1) is 11.8 Å². The van der Waals surface area contributed by atoms with Crippen molar-refractivity contribution >= 4 is 6.16 Å². The van der Waals surface area contributed by atoms with Crippen LogP contribution in [0.15, 0.2) is 34.9 Å². The van der Waals surface area contributed by atoms with E-state index in [0.29, 0.717) is 24.5 Å². The van der Waals surface area contributed by atoms with Crippen LogP contribution in [0.2, 0.25) is 0 Å². The molecule has 0 atom stereocenters. The van der Waals surface area contributed by atoms with Crippen LogP contribution in [0.5, 0.6) is 5.75 Å². The molecule has 6 nitrogen and oxygen atoms in total. The predicted molar refractivity (Wildman–Crippen MR) is 77.8 cm³/mol. The minimum Gasteiger partial charge on any atom is -0.497 e. The van der Waals surface area contributed by atoms with Gasteiger partial charge in [0.1, 0.15) is 18.1 Å². The summed E-state index contributed by atoms with van der Waals surface area (Å²) in [5.41, 5.74) is 1.05. The van der Waals surface area contributed by atoms with Crippen molar-refractivity contribution in [1.29, 1.82) is 0 Å². The summed E-state index contributed by atoms with van der Waals surface area (Å²) in [6.45, 7) is 0.0275. The Morgan fingerprint density at radius 1 is 1.45 bits per heavy atom. The number of hydrogen-bond donors (Lipinski definition) is 1. The largest absolute Gasteiger partial charge is 0.505 e. The molecule has 114 valence electrons. The van der Waals surface area contributed by atoms with Crippen molar-refractivity contribution in [3.05, 3.63) is 47.7 Å². The molecule has 1 aromatic carbocycles. The fourth-order valence-corrected chi connectivity index (χ4v) is 1.76. The van der Waals surface area contributed by atoms with Gasteiger partial charge in [0.25, 0.3) is 5.89 Å². The molecule has 1 N–H and O–H groups in total. The van der Waals surface area contributed by atoms with Crippen LogP contribution in [0.25, 0.3) is 0 Å². The first kappa shape index (κ1) is 15.4. The Labute approximate surface area is 127 Å². The third-order valence-electron chi connectivity index (χ3n) is 2.71. The summed E-state index contributed by atoms with van der Waals surface area (Å²) in [5, 5.41) is 8.30. The third kappa shape index (κ3) is 4.87. The van der Waals surface area contributed by atoms with Crippen molar-refractivity contribution in [2.75, 3.05) is 13.7 Å². The molecule has 0 aliphatic heterocycles. The van der Waals surface area contributed by atoms with Crippen LogP contribution in [0.4, 0.5) is 4.79 Å². The van der Waals surface area contributed by atoms with Gasteiger partial charge in [0.05, 0.1) is 13.3 Å². The van der Waals surface area contributed by atoms with E-state index in [1.165, 1.54) is 0 Å². The zero-order chi connectivity index (χ0) is 15.8. The highest BCUT2D eigenvalue weighted by Crippen LogP contribution is 2.16. The van der Waals surface area contributed by atoms with Crippen molar-refractivity contribution < 1.29 is 23.8 Å². The van der Waals surface area contributed by atoms with E-state index < -0.39 is 6.16 Å². The van der Waals surface area contributed by atoms with Crippen LogP contribution < -0.4 is 4.74 Å². The molecule has 0 amide bonds. The zero-order valence-corrected chi connectivity index (χ0v) is 12.0. The smallest absolute Gasteiger partial charge is 0.497 e. The van der Waals surface area contributed by atoms with Crippen molar-refractivity contribution in [2.45, 2.75) is 12.8 Å². The molecule has 2 aromatic rings. The molecule has 0 radical (unpaired) electrons. The van der Waals surface area contributed by atoms with Gasteiger partial charge < -0.3 is 19.0 Å². The molecule has 1 aromatic heterocycles. The van der Waals surface area contributed by atoms with Gasteiger partial charge in [-0.1, -0.05) is 18.1 Å². The lowest BCUT2D eigenvalue weighted by molar-refractivity contribution is 0.0937. The zero-order valence-electron chi connectivity index (χ0n) is 12.0. The van der Waals surface area contributed by atoms with Gasteiger partial charge in [-0.15, -0.1) is 0 Å². The number of nitrogens with zero attached hydrogens (tertiary/aromatic N) is 1. The molecule has 0 saturated heterocycles. The van der Waals surface area contributed by atoms with E-state index in [1.807, 2.05) is 24.3 Å². The summed E-state index contributed by atoms with van der Waals surface area (Å²) in [6, 6.07) is 7.68. The van der Waals surface area contributed by atoms with Gasteiger partial charge in [-0.3, -0.25) is 0 Å². The fourth-order valence-electron chi connectivity index (χ4n) is 1.76. The number of oxazole rings is 1. The molecule has 0 unspecified atom stereocenters. The Balaban J connectivity index is 1.91. The Morgan fingerprint density at radius 2 is 2.32 bits per heavy atom. The summed E-state index contributed by atoms with van der Waals surface area (Å²) in [4.78, 5) is 14.2. The molecular formula is C16H15NO5. The minimum atomic E-state index is -1.31. The molecule has 0 fully saturated rings. The van der Waals surface area contributed by atoms with Gasteiger partial charge in [-0.05, 0) is 23.6 Å². The summed E-state index contributed by atoms with van der Waals surface area (Å²) < 4.78 is 15.0. The number of carboxylic acid groups (broad SMARTS) is 1. The number of methoxy groups -OCH3 is 1. The average Bonchev–Trinajstić information content (AvgIpc) is 2.94. The normalized spacial score (nSPS) is 9.68. The Kier molecular flexibility index (Phi) is 5.44. The number of carbonyl (C=O) groups is 1. The van der Waals surface area contributed by atoms with Gasteiger partial charge in [0, 0.05) is 12.8 Å². The van der Waals surface area contributed by atoms with Gasteiger partial charge in [0.2, 0.25) is 0 Å². The number of hydrogen-bond acceptors (Lipinski definition) is 5. The molecule has 0 aliphatic carbocycles. The Morgan fingerprint density at radius 3 is 3.09 bits per heavy atom. The highest BCUT2D eigenvalue weighted by Gasteiger charge is 2.04. The maximum absolute atomic E-state index is 10.1. The van der Waals surface area contributed by atoms with Gasteiger partial charge in [-0.25, -0.2) is 9.78 Å². The maximum Gasteiger partial charge on any atom is 0.505 e. The molecule has 2 rings (SSSR count). The number of aromatic nitrogens is 1. The minimum absolute atomic E-state index is 0.0275. The maximum atomic E-state index is 10.1.